The number of fused-ring (bicyclic) bond motifs is 1. The number of aromatic nitrogens is 1. The lowest BCUT2D eigenvalue weighted by Gasteiger charge is -1.94. The molecule has 1 heterocycles. The van der Waals surface area contributed by atoms with Gasteiger partial charge in [0, 0.05) is 12.5 Å². The third-order valence-electron chi connectivity index (χ3n) is 2.06. The maximum atomic E-state index is 11.3. The summed E-state index contributed by atoms with van der Waals surface area (Å²) in [5.74, 6) is -1.15. The smallest absolute Gasteiger partial charge is 0.407 e. The molecule has 0 fully saturated rings. The Morgan fingerprint density at radius 2 is 2.20 bits per heavy atom. The standard InChI is InChI=1S/C10H7NO4/c1-6(13)11-8-3-2-7(5-12)4-9(8)15-10(11)14/h2-5H,1H3. The van der Waals surface area contributed by atoms with Gasteiger partial charge in [-0.05, 0) is 18.2 Å². The third kappa shape index (κ3) is 1.38. The largest absolute Gasteiger partial charge is 0.426 e. The molecule has 5 heteroatoms. The first-order valence-electron chi connectivity index (χ1n) is 4.25. The molecule has 0 aliphatic heterocycles. The Hall–Kier alpha value is -2.17. The van der Waals surface area contributed by atoms with Crippen LogP contribution in [0.15, 0.2) is 27.4 Å². The van der Waals surface area contributed by atoms with Gasteiger partial charge in [-0.3, -0.25) is 9.59 Å². The van der Waals surface area contributed by atoms with E-state index in [-0.39, 0.29) is 5.58 Å². The lowest BCUT2D eigenvalue weighted by Crippen LogP contribution is -2.19. The Balaban J connectivity index is 2.85. The van der Waals surface area contributed by atoms with Crippen LogP contribution >= 0.6 is 0 Å². The molecule has 0 radical (unpaired) electrons. The van der Waals surface area contributed by atoms with Gasteiger partial charge in [0.2, 0.25) is 5.91 Å². The van der Waals surface area contributed by atoms with Gasteiger partial charge in [0.1, 0.15) is 6.29 Å². The summed E-state index contributed by atoms with van der Waals surface area (Å²) in [5.41, 5.74) is 1.00. The lowest BCUT2D eigenvalue weighted by molar-refractivity contribution is 0.0932. The average Bonchev–Trinajstić information content (AvgIpc) is 2.52. The highest BCUT2D eigenvalue weighted by molar-refractivity contribution is 5.90. The molecule has 0 unspecified atom stereocenters. The van der Waals surface area contributed by atoms with E-state index in [1.165, 1.54) is 25.1 Å². The predicted octanol–water partition coefficient (Wildman–Crippen LogP) is 1.07. The number of hydrogen-bond acceptors (Lipinski definition) is 4. The van der Waals surface area contributed by atoms with Crippen LogP contribution in [0.4, 0.5) is 0 Å². The van der Waals surface area contributed by atoms with Gasteiger partial charge in [0.05, 0.1) is 5.52 Å². The van der Waals surface area contributed by atoms with E-state index in [1.807, 2.05) is 0 Å². The van der Waals surface area contributed by atoms with Crippen molar-refractivity contribution >= 4 is 23.3 Å². The predicted molar refractivity (Wildman–Crippen MR) is 52.2 cm³/mol. The first kappa shape index (κ1) is 9.39. The Kier molecular flexibility index (Phi) is 2.00. The van der Waals surface area contributed by atoms with Crippen molar-refractivity contribution in [3.8, 4) is 0 Å². The van der Waals surface area contributed by atoms with Crippen molar-refractivity contribution in [3.63, 3.8) is 0 Å². The first-order chi connectivity index (χ1) is 7.13. The molecule has 76 valence electrons. The molecular weight excluding hydrogens is 198 g/mol. The highest BCUT2D eigenvalue weighted by atomic mass is 16.4. The van der Waals surface area contributed by atoms with Crippen LogP contribution in [0.3, 0.4) is 0 Å². The second-order valence-electron chi connectivity index (χ2n) is 3.07. The van der Waals surface area contributed by atoms with Crippen molar-refractivity contribution in [2.75, 3.05) is 0 Å². The third-order valence-corrected chi connectivity index (χ3v) is 2.06. The van der Waals surface area contributed by atoms with E-state index >= 15 is 0 Å². The number of rotatable bonds is 1. The molecule has 1 aromatic carbocycles. The molecule has 0 amide bonds. The van der Waals surface area contributed by atoms with Gasteiger partial charge < -0.3 is 4.42 Å². The molecule has 2 rings (SSSR count). The van der Waals surface area contributed by atoms with E-state index < -0.39 is 11.7 Å². The van der Waals surface area contributed by atoms with Crippen molar-refractivity contribution < 1.29 is 14.0 Å². The zero-order valence-electron chi connectivity index (χ0n) is 7.89. The zero-order chi connectivity index (χ0) is 11.0. The number of oxazole rings is 1. The maximum absolute atomic E-state index is 11.3. The van der Waals surface area contributed by atoms with Crippen LogP contribution in [0.2, 0.25) is 0 Å². The second-order valence-corrected chi connectivity index (χ2v) is 3.07. The van der Waals surface area contributed by atoms with E-state index in [4.69, 9.17) is 4.42 Å². The highest BCUT2D eigenvalue weighted by Crippen LogP contribution is 2.13. The van der Waals surface area contributed by atoms with Gasteiger partial charge in [-0.1, -0.05) is 0 Å². The summed E-state index contributed by atoms with van der Waals surface area (Å²) >= 11 is 0. The lowest BCUT2D eigenvalue weighted by atomic mass is 10.2. The van der Waals surface area contributed by atoms with Gasteiger partial charge in [-0.2, -0.15) is 0 Å². The zero-order valence-corrected chi connectivity index (χ0v) is 7.89. The Morgan fingerprint density at radius 1 is 1.47 bits per heavy atom. The molecule has 0 aliphatic rings. The number of carbonyl (C=O) groups is 2. The van der Waals surface area contributed by atoms with Crippen LogP contribution in [0, 0.1) is 0 Å². The second kappa shape index (κ2) is 3.20. The normalized spacial score (nSPS) is 10.5. The molecule has 5 nitrogen and oxygen atoms in total. The summed E-state index contributed by atoms with van der Waals surface area (Å²) < 4.78 is 5.75. The van der Waals surface area contributed by atoms with Crippen molar-refractivity contribution in [2.24, 2.45) is 0 Å². The molecule has 15 heavy (non-hydrogen) atoms. The van der Waals surface area contributed by atoms with Crippen LogP contribution in [0.25, 0.3) is 11.1 Å². The SMILES string of the molecule is CC(=O)n1c(=O)oc2cc(C=O)ccc21. The van der Waals surface area contributed by atoms with Gasteiger partial charge >= 0.3 is 5.76 Å². The maximum Gasteiger partial charge on any atom is 0.426 e. The molecule has 0 atom stereocenters. The minimum atomic E-state index is -0.736. The summed E-state index contributed by atoms with van der Waals surface area (Å²) in [7, 11) is 0. The minimum absolute atomic E-state index is 0.236. The van der Waals surface area contributed by atoms with E-state index in [9.17, 15) is 14.4 Å². The van der Waals surface area contributed by atoms with E-state index in [1.54, 1.807) is 0 Å². The quantitative estimate of drug-likeness (QED) is 0.653. The average molecular weight is 205 g/mol. The highest BCUT2D eigenvalue weighted by Gasteiger charge is 2.12. The van der Waals surface area contributed by atoms with Crippen LogP contribution < -0.4 is 5.76 Å². The van der Waals surface area contributed by atoms with Crippen LogP contribution in [-0.2, 0) is 0 Å². The van der Waals surface area contributed by atoms with Crippen molar-refractivity contribution in [2.45, 2.75) is 6.92 Å². The fourth-order valence-corrected chi connectivity index (χ4v) is 1.41. The van der Waals surface area contributed by atoms with E-state index in [0.29, 0.717) is 17.4 Å². The molecule has 0 spiro atoms. The molecular formula is C10H7NO4. The fourth-order valence-electron chi connectivity index (χ4n) is 1.41. The Labute approximate surface area is 83.9 Å². The number of hydrogen-bond donors (Lipinski definition) is 0. The summed E-state index contributed by atoms with van der Waals surface area (Å²) in [5, 5.41) is 0. The van der Waals surface area contributed by atoms with E-state index in [2.05, 4.69) is 0 Å². The topological polar surface area (TPSA) is 69.3 Å². The molecule has 0 aliphatic carbocycles. The van der Waals surface area contributed by atoms with Crippen molar-refractivity contribution in [1.82, 2.24) is 4.57 Å². The molecule has 0 saturated carbocycles. The van der Waals surface area contributed by atoms with E-state index in [0.717, 1.165) is 4.57 Å². The van der Waals surface area contributed by atoms with Crippen molar-refractivity contribution in [1.29, 1.82) is 0 Å². The van der Waals surface area contributed by atoms with Gasteiger partial charge in [-0.25, -0.2) is 9.36 Å². The molecule has 0 N–H and O–H groups in total. The number of aldehydes is 1. The molecule has 1 aromatic heterocycles. The van der Waals surface area contributed by atoms with Crippen LogP contribution in [-0.4, -0.2) is 16.8 Å². The number of nitrogens with zero attached hydrogens (tertiary/aromatic N) is 1. The summed E-state index contributed by atoms with van der Waals surface area (Å²) in [6.45, 7) is 1.27. The summed E-state index contributed by atoms with van der Waals surface area (Å²) in [6, 6.07) is 4.44. The van der Waals surface area contributed by atoms with Crippen LogP contribution in [0.5, 0.6) is 0 Å². The molecule has 0 bridgehead atoms. The first-order valence-corrected chi connectivity index (χ1v) is 4.25. The number of benzene rings is 1. The van der Waals surface area contributed by atoms with Crippen LogP contribution in [0.1, 0.15) is 22.1 Å². The Morgan fingerprint density at radius 3 is 2.80 bits per heavy atom. The minimum Gasteiger partial charge on any atom is -0.407 e. The number of carbonyl (C=O) groups excluding carboxylic acids is 2. The van der Waals surface area contributed by atoms with Gasteiger partial charge in [0.25, 0.3) is 0 Å². The Bertz CT molecular complexity index is 605. The van der Waals surface area contributed by atoms with Gasteiger partial charge in [0.15, 0.2) is 5.58 Å². The molecule has 0 saturated heterocycles. The molecule has 2 aromatic rings. The monoisotopic (exact) mass is 205 g/mol. The summed E-state index contributed by atoms with van der Waals surface area (Å²) in [6.07, 6.45) is 0.643. The van der Waals surface area contributed by atoms with Gasteiger partial charge in [-0.15, -0.1) is 0 Å². The fraction of sp³-hybridized carbons (Fsp3) is 0.100. The van der Waals surface area contributed by atoms with Crippen molar-refractivity contribution in [3.05, 3.63) is 34.3 Å². The summed E-state index contributed by atoms with van der Waals surface area (Å²) in [4.78, 5) is 32.9.